The van der Waals surface area contributed by atoms with E-state index in [1.807, 2.05) is 33.7 Å². The van der Waals surface area contributed by atoms with Crippen LogP contribution in [0, 0.1) is 0 Å². The molecule has 4 amide bonds. The van der Waals surface area contributed by atoms with Gasteiger partial charge in [-0.2, -0.15) is 49.0 Å². The summed E-state index contributed by atoms with van der Waals surface area (Å²) < 4.78 is 133. The summed E-state index contributed by atoms with van der Waals surface area (Å²) in [5.41, 5.74) is 1.24. The second-order valence-corrected chi connectivity index (χ2v) is 19.5. The monoisotopic (exact) mass is 962 g/mol. The van der Waals surface area contributed by atoms with Crippen LogP contribution in [0.3, 0.4) is 0 Å². The maximum Gasteiger partial charge on any atom is 0.416 e. The quantitative estimate of drug-likeness (QED) is 0.0666. The van der Waals surface area contributed by atoms with Gasteiger partial charge in [-0.15, -0.1) is 0 Å². The number of urea groups is 2. The number of hydrogen-bond acceptors (Lipinski definition) is 8. The first-order chi connectivity index (χ1) is 30.2. The van der Waals surface area contributed by atoms with Crippen LogP contribution in [0.2, 0.25) is 0 Å². The normalized spacial score (nSPS) is 14.2. The van der Waals surface area contributed by atoms with Crippen LogP contribution in [-0.4, -0.2) is 41.0 Å². The molecular formula is C42H36F6N6O6S4. The summed E-state index contributed by atoms with van der Waals surface area (Å²) in [6, 6.07) is 19.1. The van der Waals surface area contributed by atoms with Gasteiger partial charge in [0.15, 0.2) is 0 Å². The Morgan fingerprint density at radius 3 is 1.23 bits per heavy atom. The molecule has 2 saturated carbocycles. The molecule has 22 heteroatoms. The zero-order chi connectivity index (χ0) is 45.9. The summed E-state index contributed by atoms with van der Waals surface area (Å²) in [6.45, 7) is 0. The molecule has 0 bridgehead atoms. The lowest BCUT2D eigenvalue weighted by Crippen LogP contribution is -2.26. The molecule has 64 heavy (non-hydrogen) atoms. The molecule has 0 radical (unpaired) electrons. The summed E-state index contributed by atoms with van der Waals surface area (Å²) in [7, 11) is -7.53. The van der Waals surface area contributed by atoms with Crippen LogP contribution in [0.1, 0.15) is 36.8 Å². The summed E-state index contributed by atoms with van der Waals surface area (Å²) in [4.78, 5) is 25.1. The van der Waals surface area contributed by atoms with Gasteiger partial charge >= 0.3 is 24.4 Å². The summed E-state index contributed by atoms with van der Waals surface area (Å²) in [5, 5.41) is 17.2. The van der Waals surface area contributed by atoms with Gasteiger partial charge in [0.2, 0.25) is 20.0 Å². The van der Waals surface area contributed by atoms with Crippen LogP contribution < -0.4 is 30.7 Å². The topological polar surface area (TPSA) is 175 Å². The van der Waals surface area contributed by atoms with Gasteiger partial charge in [-0.3, -0.25) is 0 Å². The van der Waals surface area contributed by atoms with Crippen molar-refractivity contribution in [3.63, 3.8) is 0 Å². The fourth-order valence-corrected chi connectivity index (χ4v) is 9.99. The Bertz CT molecular complexity index is 2670. The third-order valence-corrected chi connectivity index (χ3v) is 13.9. The molecule has 0 aliphatic heterocycles. The van der Waals surface area contributed by atoms with Crippen molar-refractivity contribution in [1.29, 1.82) is 0 Å². The van der Waals surface area contributed by atoms with E-state index < -0.39 is 55.6 Å². The third kappa shape index (κ3) is 12.3. The van der Waals surface area contributed by atoms with Crippen molar-refractivity contribution < 1.29 is 52.8 Å². The van der Waals surface area contributed by atoms with Crippen LogP contribution in [0.5, 0.6) is 0 Å². The molecular weight excluding hydrogens is 927 g/mol. The molecule has 2 heterocycles. The largest absolute Gasteiger partial charge is 0.416 e. The van der Waals surface area contributed by atoms with E-state index in [9.17, 15) is 52.8 Å². The second kappa shape index (κ2) is 18.7. The molecule has 6 N–H and O–H groups in total. The molecule has 2 aromatic heterocycles. The average Bonchev–Trinajstić information content (AvgIpc) is 4.08. The van der Waals surface area contributed by atoms with Crippen molar-refractivity contribution in [3.05, 3.63) is 130 Å². The number of thiophene rings is 2. The van der Waals surface area contributed by atoms with Crippen LogP contribution in [-0.2, 0) is 32.4 Å². The summed E-state index contributed by atoms with van der Waals surface area (Å²) in [6.07, 6.45) is -5.99. The molecule has 2 aliphatic carbocycles. The maximum atomic E-state index is 12.9. The molecule has 6 aromatic rings. The Balaban J connectivity index is 0.000000191. The lowest BCUT2D eigenvalue weighted by molar-refractivity contribution is -0.138. The lowest BCUT2D eigenvalue weighted by Gasteiger charge is -2.15. The first-order valence-electron chi connectivity index (χ1n) is 19.1. The fourth-order valence-electron chi connectivity index (χ4n) is 6.02. The van der Waals surface area contributed by atoms with Gasteiger partial charge in [0, 0.05) is 34.6 Å². The van der Waals surface area contributed by atoms with E-state index >= 15 is 0 Å². The van der Waals surface area contributed by atoms with E-state index in [0.29, 0.717) is 11.1 Å². The van der Waals surface area contributed by atoms with E-state index in [2.05, 4.69) is 30.7 Å². The highest BCUT2D eigenvalue weighted by atomic mass is 32.2. The van der Waals surface area contributed by atoms with Gasteiger partial charge in [0.1, 0.15) is 0 Å². The number of amides is 4. The molecule has 0 atom stereocenters. The number of anilines is 4. The van der Waals surface area contributed by atoms with E-state index in [-0.39, 0.29) is 44.6 Å². The number of rotatable bonds is 12. The number of carbonyl (C=O) groups excluding carboxylic acids is 2. The number of hydrogen-bond donors (Lipinski definition) is 6. The van der Waals surface area contributed by atoms with E-state index in [4.69, 9.17) is 0 Å². The van der Waals surface area contributed by atoms with E-state index in [1.165, 1.54) is 71.2 Å². The first-order valence-corrected chi connectivity index (χ1v) is 24.0. The molecule has 0 unspecified atom stereocenters. The summed E-state index contributed by atoms with van der Waals surface area (Å²) in [5.74, 6) is 0. The smallest absolute Gasteiger partial charge is 0.308 e. The Morgan fingerprint density at radius 1 is 0.516 bits per heavy atom. The van der Waals surface area contributed by atoms with Gasteiger partial charge in [-0.05, 0) is 131 Å². The molecule has 12 nitrogen and oxygen atoms in total. The minimum atomic E-state index is -4.54. The molecule has 4 aromatic carbocycles. The highest BCUT2D eigenvalue weighted by molar-refractivity contribution is 7.89. The maximum absolute atomic E-state index is 12.9. The summed E-state index contributed by atoms with van der Waals surface area (Å²) >= 11 is 2.86. The molecule has 0 saturated heterocycles. The predicted octanol–water partition coefficient (Wildman–Crippen LogP) is 11.0. The van der Waals surface area contributed by atoms with E-state index in [1.54, 1.807) is 12.1 Å². The number of carbonyl (C=O) groups is 2. The van der Waals surface area contributed by atoms with Crippen molar-refractivity contribution >= 4 is 77.5 Å². The van der Waals surface area contributed by atoms with Crippen LogP contribution in [0.25, 0.3) is 22.3 Å². The van der Waals surface area contributed by atoms with Gasteiger partial charge in [-0.1, -0.05) is 24.3 Å². The zero-order valence-corrected chi connectivity index (χ0v) is 36.1. The molecule has 2 aliphatic rings. The number of benzene rings is 4. The average molecular weight is 963 g/mol. The van der Waals surface area contributed by atoms with Gasteiger partial charge in [-0.25, -0.2) is 35.9 Å². The van der Waals surface area contributed by atoms with Gasteiger partial charge in [0.25, 0.3) is 0 Å². The van der Waals surface area contributed by atoms with Crippen molar-refractivity contribution in [2.75, 3.05) is 21.3 Å². The minimum Gasteiger partial charge on any atom is -0.308 e. The Morgan fingerprint density at radius 2 is 0.906 bits per heavy atom. The predicted molar refractivity (Wildman–Crippen MR) is 234 cm³/mol. The zero-order valence-electron chi connectivity index (χ0n) is 32.9. The Kier molecular flexibility index (Phi) is 13.5. The van der Waals surface area contributed by atoms with E-state index in [0.717, 1.165) is 61.1 Å². The fraction of sp³-hybridized carbons (Fsp3) is 0.190. The van der Waals surface area contributed by atoms with Crippen LogP contribution in [0.15, 0.2) is 128 Å². The number of alkyl halides is 6. The molecule has 336 valence electrons. The van der Waals surface area contributed by atoms with Crippen LogP contribution >= 0.6 is 22.7 Å². The Hall–Kier alpha value is -5.78. The highest BCUT2D eigenvalue weighted by Crippen LogP contribution is 2.36. The van der Waals surface area contributed by atoms with Gasteiger partial charge < -0.3 is 21.3 Å². The molecule has 2 fully saturated rings. The van der Waals surface area contributed by atoms with Crippen molar-refractivity contribution in [2.24, 2.45) is 0 Å². The molecule has 0 spiro atoms. The number of halogens is 6. The van der Waals surface area contributed by atoms with Crippen molar-refractivity contribution in [1.82, 2.24) is 9.44 Å². The SMILES string of the molecule is O=C(Nc1cccc(C(F)(F)F)c1)Nc1cc(S(=O)(=O)NC2CC2)ccc1-c1ccsc1.O=C(Nc1cccc(C(F)(F)F)c1)Nc1cc(S(=O)(=O)NC2CC2)ccc1-c1ccsc1. The number of nitrogens with one attached hydrogen (secondary N) is 6. The highest BCUT2D eigenvalue weighted by Gasteiger charge is 2.33. The van der Waals surface area contributed by atoms with Crippen LogP contribution in [0.4, 0.5) is 58.7 Å². The number of sulfonamides is 2. The van der Waals surface area contributed by atoms with Crippen molar-refractivity contribution in [2.45, 2.75) is 59.9 Å². The van der Waals surface area contributed by atoms with Gasteiger partial charge in [0.05, 0.1) is 32.3 Å². The first kappa shape index (κ1) is 46.2. The van der Waals surface area contributed by atoms with Crippen molar-refractivity contribution in [3.8, 4) is 22.3 Å². The molecule has 8 rings (SSSR count). The standard InChI is InChI=1S/2C21H18F3N3O3S2/c2*22-21(23,24)14-2-1-3-16(10-14)25-20(28)26-19-11-17(32(29,30)27-15-4-5-15)6-7-18(19)13-8-9-31-12-13/h2*1-3,6-12,15,27H,4-5H2,(H2,25,26,28). The minimum absolute atomic E-state index is 0.0160. The second-order valence-electron chi connectivity index (χ2n) is 14.5. The third-order valence-electron chi connectivity index (χ3n) is 9.46. The lowest BCUT2D eigenvalue weighted by atomic mass is 10.1. The Labute approximate surface area is 371 Å².